The molecule has 0 bridgehead atoms. The van der Waals surface area contributed by atoms with Crippen LogP contribution in [0.25, 0.3) is 0 Å². The number of ether oxygens (including phenoxy) is 1. The Morgan fingerprint density at radius 2 is 1.73 bits per heavy atom. The first-order chi connectivity index (χ1) is 4.99. The average molecular weight is 173 g/mol. The molecule has 6 heteroatoms. The largest absolute Gasteiger partial charge is 0.417 e. The minimum absolute atomic E-state index is 0.371. The van der Waals surface area contributed by atoms with Crippen molar-refractivity contribution in [3.63, 3.8) is 0 Å². The summed E-state index contributed by atoms with van der Waals surface area (Å²) >= 11 is 0. The Morgan fingerprint density at radius 1 is 1.27 bits per heavy atom. The number of rotatable bonds is 4. The summed E-state index contributed by atoms with van der Waals surface area (Å²) in [7, 11) is 0. The van der Waals surface area contributed by atoms with Crippen LogP contribution in [-0.4, -0.2) is 35.7 Å². The molecule has 0 heterocycles. The fourth-order valence-corrected chi connectivity index (χ4v) is 0.317. The lowest BCUT2D eigenvalue weighted by Crippen LogP contribution is -2.24. The Hall–Kier alpha value is -0.330. The molecule has 0 aromatic carbocycles. The summed E-state index contributed by atoms with van der Waals surface area (Å²) in [6.07, 6.45) is -5.74. The van der Waals surface area contributed by atoms with Crippen molar-refractivity contribution in [2.45, 2.75) is 12.3 Å². The van der Waals surface area contributed by atoms with Crippen LogP contribution in [0.1, 0.15) is 0 Å². The predicted octanol–water partition coefficient (Wildman–Crippen LogP) is 0.0803. The second-order valence-corrected chi connectivity index (χ2v) is 1.78. The highest BCUT2D eigenvalue weighted by atomic mass is 19.4. The molecule has 0 saturated heterocycles. The van der Waals surface area contributed by atoms with Gasteiger partial charge in [0, 0.05) is 0 Å². The molecule has 67 valence electrons. The number of aliphatic hydroxyl groups excluding tert-OH is 2. The van der Waals surface area contributed by atoms with Gasteiger partial charge in [0.2, 0.25) is 0 Å². The normalized spacial score (nSPS) is 12.5. The Kier molecular flexibility index (Phi) is 4.39. The van der Waals surface area contributed by atoms with Crippen LogP contribution < -0.4 is 0 Å². The van der Waals surface area contributed by atoms with E-state index in [4.69, 9.17) is 10.2 Å². The van der Waals surface area contributed by atoms with Crippen LogP contribution in [0.2, 0.25) is 0 Å². The Balaban J connectivity index is 3.51. The molecule has 0 atom stereocenters. The molecule has 3 nitrogen and oxygen atoms in total. The van der Waals surface area contributed by atoms with Crippen molar-refractivity contribution in [3.05, 3.63) is 6.61 Å². The quantitative estimate of drug-likeness (QED) is 0.633. The van der Waals surface area contributed by atoms with Crippen molar-refractivity contribution in [1.82, 2.24) is 0 Å². The molecule has 0 saturated carbocycles. The zero-order chi connectivity index (χ0) is 8.91. The van der Waals surface area contributed by atoms with E-state index in [1.54, 1.807) is 0 Å². The van der Waals surface area contributed by atoms with E-state index in [2.05, 4.69) is 4.74 Å². The van der Waals surface area contributed by atoms with Crippen LogP contribution in [0.4, 0.5) is 13.2 Å². The molecule has 0 aromatic rings. The first-order valence-corrected chi connectivity index (χ1v) is 2.78. The van der Waals surface area contributed by atoms with E-state index >= 15 is 0 Å². The molecule has 0 aliphatic carbocycles. The van der Waals surface area contributed by atoms with E-state index in [1.165, 1.54) is 0 Å². The van der Waals surface area contributed by atoms with E-state index in [1.807, 2.05) is 0 Å². The topological polar surface area (TPSA) is 49.7 Å². The van der Waals surface area contributed by atoms with Gasteiger partial charge in [-0.25, -0.2) is 0 Å². The summed E-state index contributed by atoms with van der Waals surface area (Å²) < 4.78 is 38.0. The van der Waals surface area contributed by atoms with Crippen LogP contribution >= 0.6 is 0 Å². The SMILES string of the molecule is OCC(CO)O[CH]C(F)(F)F. The van der Waals surface area contributed by atoms with Crippen LogP contribution in [0.15, 0.2) is 0 Å². The van der Waals surface area contributed by atoms with Gasteiger partial charge in [-0.1, -0.05) is 0 Å². The molecule has 0 aliphatic rings. The average Bonchev–Trinajstić information content (AvgIpc) is 1.88. The van der Waals surface area contributed by atoms with E-state index in [0.29, 0.717) is 0 Å². The summed E-state index contributed by atoms with van der Waals surface area (Å²) in [5, 5.41) is 16.5. The monoisotopic (exact) mass is 173 g/mol. The Morgan fingerprint density at radius 3 is 2.00 bits per heavy atom. The lowest BCUT2D eigenvalue weighted by atomic mass is 10.4. The van der Waals surface area contributed by atoms with Gasteiger partial charge in [0.25, 0.3) is 0 Å². The maximum Gasteiger partial charge on any atom is 0.417 e. The molecule has 0 fully saturated rings. The summed E-state index contributed by atoms with van der Waals surface area (Å²) in [5.41, 5.74) is 0. The molecule has 0 rings (SSSR count). The third-order valence-electron chi connectivity index (χ3n) is 0.801. The molecule has 2 N–H and O–H groups in total. The van der Waals surface area contributed by atoms with E-state index in [-0.39, 0.29) is 6.61 Å². The van der Waals surface area contributed by atoms with Gasteiger partial charge in [0.05, 0.1) is 13.2 Å². The van der Waals surface area contributed by atoms with Crippen molar-refractivity contribution < 1.29 is 28.1 Å². The van der Waals surface area contributed by atoms with Crippen molar-refractivity contribution in [2.24, 2.45) is 0 Å². The van der Waals surface area contributed by atoms with Gasteiger partial charge < -0.3 is 14.9 Å². The van der Waals surface area contributed by atoms with Crippen molar-refractivity contribution in [1.29, 1.82) is 0 Å². The van der Waals surface area contributed by atoms with E-state index in [9.17, 15) is 13.2 Å². The van der Waals surface area contributed by atoms with Crippen molar-refractivity contribution in [2.75, 3.05) is 13.2 Å². The summed E-state index contributed by atoms with van der Waals surface area (Å²) in [6, 6.07) is 0. The van der Waals surface area contributed by atoms with Crippen molar-refractivity contribution in [3.8, 4) is 0 Å². The molecule has 11 heavy (non-hydrogen) atoms. The summed E-state index contributed by atoms with van der Waals surface area (Å²) in [4.78, 5) is 0. The summed E-state index contributed by atoms with van der Waals surface area (Å²) in [6.45, 7) is -1.67. The lowest BCUT2D eigenvalue weighted by Gasteiger charge is -2.12. The molecular formula is C5H8F3O3. The van der Waals surface area contributed by atoms with Crippen LogP contribution in [0.3, 0.4) is 0 Å². The fraction of sp³-hybridized carbons (Fsp3) is 0.800. The minimum Gasteiger partial charge on any atom is -0.394 e. The molecular weight excluding hydrogens is 165 g/mol. The minimum atomic E-state index is -4.54. The van der Waals surface area contributed by atoms with Gasteiger partial charge in [0.1, 0.15) is 6.10 Å². The van der Waals surface area contributed by atoms with Crippen LogP contribution in [0, 0.1) is 6.61 Å². The number of halogens is 3. The lowest BCUT2D eigenvalue weighted by molar-refractivity contribution is -0.154. The first kappa shape index (κ1) is 10.7. The van der Waals surface area contributed by atoms with E-state index < -0.39 is 25.5 Å². The maximum absolute atomic E-state index is 11.3. The second kappa shape index (κ2) is 4.53. The molecule has 0 spiro atoms. The number of aliphatic hydroxyl groups is 2. The third kappa shape index (κ3) is 6.08. The Labute approximate surface area is 61.4 Å². The van der Waals surface area contributed by atoms with Gasteiger partial charge in [-0.05, 0) is 0 Å². The zero-order valence-electron chi connectivity index (χ0n) is 5.51. The molecule has 0 aromatic heterocycles. The fourth-order valence-electron chi connectivity index (χ4n) is 0.317. The maximum atomic E-state index is 11.3. The van der Waals surface area contributed by atoms with Gasteiger partial charge in [0.15, 0.2) is 6.61 Å². The van der Waals surface area contributed by atoms with Gasteiger partial charge in [-0.3, -0.25) is 0 Å². The summed E-state index contributed by atoms with van der Waals surface area (Å²) in [5.74, 6) is 0. The van der Waals surface area contributed by atoms with E-state index in [0.717, 1.165) is 0 Å². The Bertz CT molecular complexity index is 99.6. The zero-order valence-corrected chi connectivity index (χ0v) is 5.51. The van der Waals surface area contributed by atoms with Crippen LogP contribution in [0.5, 0.6) is 0 Å². The number of hydrogen-bond donors (Lipinski definition) is 2. The van der Waals surface area contributed by atoms with Crippen molar-refractivity contribution >= 4 is 0 Å². The number of alkyl halides is 3. The smallest absolute Gasteiger partial charge is 0.394 e. The first-order valence-electron chi connectivity index (χ1n) is 2.78. The number of hydrogen-bond acceptors (Lipinski definition) is 3. The standard InChI is InChI=1S/C5H8F3O3/c6-5(7,8)3-11-4(1-9)2-10/h3-4,9-10H,1-2H2. The predicted molar refractivity (Wildman–Crippen MR) is 29.4 cm³/mol. The highest BCUT2D eigenvalue weighted by Crippen LogP contribution is 2.19. The molecule has 1 radical (unpaired) electrons. The molecule has 0 unspecified atom stereocenters. The highest BCUT2D eigenvalue weighted by Gasteiger charge is 2.30. The molecule has 0 amide bonds. The molecule has 0 aliphatic heterocycles. The van der Waals surface area contributed by atoms with Crippen LogP contribution in [-0.2, 0) is 4.74 Å². The van der Waals surface area contributed by atoms with Gasteiger partial charge >= 0.3 is 6.18 Å². The second-order valence-electron chi connectivity index (χ2n) is 1.78. The highest BCUT2D eigenvalue weighted by molar-refractivity contribution is 4.65. The van der Waals surface area contributed by atoms with Gasteiger partial charge in [-0.2, -0.15) is 13.2 Å². The third-order valence-corrected chi connectivity index (χ3v) is 0.801. The van der Waals surface area contributed by atoms with Gasteiger partial charge in [-0.15, -0.1) is 0 Å².